The maximum atomic E-state index is 12.3. The average Bonchev–Trinajstić information content (AvgIpc) is 2.86. The number of hydrogen-bond donors (Lipinski definition) is 3. The molecule has 0 saturated heterocycles. The van der Waals surface area contributed by atoms with Crippen LogP contribution >= 0.6 is 11.9 Å². The van der Waals surface area contributed by atoms with E-state index in [-0.39, 0.29) is 5.91 Å². The third-order valence-electron chi connectivity index (χ3n) is 3.75. The molecule has 0 fully saturated rings. The van der Waals surface area contributed by atoms with Gasteiger partial charge in [0.15, 0.2) is 0 Å². The first-order valence-electron chi connectivity index (χ1n) is 8.31. The molecule has 0 atom stereocenters. The topological polar surface area (TPSA) is 56.9 Å². The Balaban J connectivity index is 2.13. The van der Waals surface area contributed by atoms with Crippen LogP contribution in [0.3, 0.4) is 0 Å². The van der Waals surface area contributed by atoms with Gasteiger partial charge in [0, 0.05) is 28.9 Å². The summed E-state index contributed by atoms with van der Waals surface area (Å²) in [4.78, 5) is 15.6. The van der Waals surface area contributed by atoms with Crippen molar-refractivity contribution in [3.8, 4) is 0 Å². The summed E-state index contributed by atoms with van der Waals surface area (Å²) in [7, 11) is 0. The minimum absolute atomic E-state index is 0.0285. The fourth-order valence-corrected chi connectivity index (χ4v) is 3.18. The van der Waals surface area contributed by atoms with Crippen molar-refractivity contribution in [1.82, 2.24) is 10.3 Å². The Morgan fingerprint density at radius 3 is 2.83 bits per heavy atom. The molecule has 4 nitrogen and oxygen atoms in total. The Bertz CT molecular complexity index is 664. The number of carbonyl (C=O) groups excluding carboxylic acids is 1. The average molecular weight is 334 g/mol. The molecule has 0 aliphatic rings. The van der Waals surface area contributed by atoms with Crippen molar-refractivity contribution in [2.75, 3.05) is 17.0 Å². The molecule has 2 aromatic rings. The predicted octanol–water partition coefficient (Wildman–Crippen LogP) is 4.72. The fourth-order valence-electron chi connectivity index (χ4n) is 2.35. The normalized spacial score (nSPS) is 11.2. The van der Waals surface area contributed by atoms with Crippen LogP contribution < -0.4 is 10.0 Å². The first-order valence-corrected chi connectivity index (χ1v) is 9.29. The number of aromatic nitrogens is 1. The van der Waals surface area contributed by atoms with E-state index in [4.69, 9.17) is 0 Å². The molecule has 0 saturated carbocycles. The van der Waals surface area contributed by atoms with Gasteiger partial charge in [-0.05, 0) is 43.0 Å². The van der Waals surface area contributed by atoms with E-state index in [2.05, 4.69) is 41.9 Å². The number of aryl methyl sites for hydroxylation is 1. The van der Waals surface area contributed by atoms with E-state index in [1.807, 2.05) is 19.1 Å². The molecule has 1 aromatic heterocycles. The van der Waals surface area contributed by atoms with E-state index in [1.54, 1.807) is 11.9 Å². The number of aromatic amines is 1. The molecule has 126 valence electrons. The van der Waals surface area contributed by atoms with Gasteiger partial charge >= 0.3 is 0 Å². The lowest BCUT2D eigenvalue weighted by Crippen LogP contribution is -2.28. The van der Waals surface area contributed by atoms with Crippen LogP contribution in [0.5, 0.6) is 0 Å². The molecule has 23 heavy (non-hydrogen) atoms. The molecule has 3 N–H and O–H groups in total. The van der Waals surface area contributed by atoms with Gasteiger partial charge in [0.25, 0.3) is 5.91 Å². The molecule has 2 rings (SSSR count). The number of nitrogens with one attached hydrogen (secondary N) is 3. The molecule has 0 spiro atoms. The molecule has 0 bridgehead atoms. The number of benzene rings is 1. The van der Waals surface area contributed by atoms with Crippen LogP contribution in [-0.2, 0) is 0 Å². The zero-order chi connectivity index (χ0) is 16.8. The van der Waals surface area contributed by atoms with Gasteiger partial charge in [-0.2, -0.15) is 0 Å². The summed E-state index contributed by atoms with van der Waals surface area (Å²) in [6, 6.07) is 6.19. The minimum Gasteiger partial charge on any atom is -0.351 e. The summed E-state index contributed by atoms with van der Waals surface area (Å²) in [5.41, 5.74) is 3.75. The van der Waals surface area contributed by atoms with E-state index in [9.17, 15) is 4.79 Å². The molecular formula is C18H27N3OS. The van der Waals surface area contributed by atoms with Crippen molar-refractivity contribution in [3.63, 3.8) is 0 Å². The highest BCUT2D eigenvalue weighted by Crippen LogP contribution is 2.26. The lowest BCUT2D eigenvalue weighted by molar-refractivity contribution is 0.0944. The number of hydrogen-bond acceptors (Lipinski definition) is 3. The van der Waals surface area contributed by atoms with Crippen molar-refractivity contribution >= 4 is 34.4 Å². The van der Waals surface area contributed by atoms with Crippen molar-refractivity contribution < 1.29 is 4.79 Å². The van der Waals surface area contributed by atoms with Crippen LogP contribution in [0.2, 0.25) is 0 Å². The Hall–Kier alpha value is -1.62. The van der Waals surface area contributed by atoms with E-state index in [0.717, 1.165) is 27.9 Å². The number of rotatable bonds is 8. The quantitative estimate of drug-likeness (QED) is 0.484. The largest absolute Gasteiger partial charge is 0.351 e. The number of amides is 1. The van der Waals surface area contributed by atoms with Gasteiger partial charge in [0.2, 0.25) is 0 Å². The van der Waals surface area contributed by atoms with Crippen LogP contribution in [0.15, 0.2) is 18.2 Å². The number of H-pyrrole nitrogens is 1. The molecule has 0 aliphatic heterocycles. The number of anilines is 1. The summed E-state index contributed by atoms with van der Waals surface area (Å²) in [5, 5.41) is 4.07. The molecule has 1 heterocycles. The van der Waals surface area contributed by atoms with E-state index in [0.29, 0.717) is 18.2 Å². The van der Waals surface area contributed by atoms with Crippen molar-refractivity contribution in [2.45, 2.75) is 40.5 Å². The molecule has 0 radical (unpaired) electrons. The van der Waals surface area contributed by atoms with Crippen LogP contribution in [0, 0.1) is 12.8 Å². The standard InChI is InChI=1S/C18H27N3OS/c1-5-6-9-23-21-14-7-8-16-15(10-14)13(4)17(20-16)18(22)19-11-12(2)3/h7-8,10,12,20-21H,5-6,9,11H2,1-4H3,(H,19,22). The van der Waals surface area contributed by atoms with Crippen LogP contribution in [0.1, 0.15) is 49.7 Å². The van der Waals surface area contributed by atoms with Gasteiger partial charge in [-0.15, -0.1) is 0 Å². The highest BCUT2D eigenvalue weighted by Gasteiger charge is 2.15. The second kappa shape index (κ2) is 8.29. The molecule has 1 aromatic carbocycles. The zero-order valence-electron chi connectivity index (χ0n) is 14.5. The second-order valence-corrected chi connectivity index (χ2v) is 7.19. The maximum Gasteiger partial charge on any atom is 0.268 e. The number of unbranched alkanes of at least 4 members (excludes halogenated alkanes) is 1. The SMILES string of the molecule is CCCCSNc1ccc2[nH]c(C(=O)NCC(C)C)c(C)c2c1. The molecule has 0 aliphatic carbocycles. The first kappa shape index (κ1) is 17.7. The predicted molar refractivity (Wildman–Crippen MR) is 101 cm³/mol. The lowest BCUT2D eigenvalue weighted by Gasteiger charge is -2.07. The van der Waals surface area contributed by atoms with Gasteiger partial charge < -0.3 is 15.0 Å². The molecule has 0 unspecified atom stereocenters. The number of carbonyl (C=O) groups is 1. The summed E-state index contributed by atoms with van der Waals surface area (Å²) < 4.78 is 3.38. The van der Waals surface area contributed by atoms with Gasteiger partial charge in [-0.25, -0.2) is 0 Å². The van der Waals surface area contributed by atoms with Crippen LogP contribution in [0.4, 0.5) is 5.69 Å². The Kier molecular flexibility index (Phi) is 6.39. The third-order valence-corrected chi connectivity index (χ3v) is 4.62. The van der Waals surface area contributed by atoms with Gasteiger partial charge in [-0.3, -0.25) is 4.79 Å². The highest BCUT2D eigenvalue weighted by molar-refractivity contribution is 8.00. The number of fused-ring (bicyclic) bond motifs is 1. The minimum atomic E-state index is -0.0285. The molecular weight excluding hydrogens is 306 g/mol. The fraction of sp³-hybridized carbons (Fsp3) is 0.500. The Labute approximate surface area is 142 Å². The Morgan fingerprint density at radius 2 is 2.13 bits per heavy atom. The highest BCUT2D eigenvalue weighted by atomic mass is 32.2. The van der Waals surface area contributed by atoms with Gasteiger partial charge in [0.1, 0.15) is 5.69 Å². The van der Waals surface area contributed by atoms with Gasteiger partial charge in [-0.1, -0.05) is 39.1 Å². The van der Waals surface area contributed by atoms with E-state index in [1.165, 1.54) is 12.8 Å². The van der Waals surface area contributed by atoms with Gasteiger partial charge in [0.05, 0.1) is 0 Å². The lowest BCUT2D eigenvalue weighted by atomic mass is 10.1. The molecule has 1 amide bonds. The van der Waals surface area contributed by atoms with E-state index < -0.39 is 0 Å². The summed E-state index contributed by atoms with van der Waals surface area (Å²) in [6.45, 7) is 9.06. The van der Waals surface area contributed by atoms with Crippen molar-refractivity contribution in [3.05, 3.63) is 29.5 Å². The summed E-state index contributed by atoms with van der Waals surface area (Å²) in [5.74, 6) is 1.52. The van der Waals surface area contributed by atoms with E-state index >= 15 is 0 Å². The Morgan fingerprint density at radius 1 is 1.35 bits per heavy atom. The third kappa shape index (κ3) is 4.67. The summed E-state index contributed by atoms with van der Waals surface area (Å²) in [6.07, 6.45) is 2.42. The van der Waals surface area contributed by atoms with Crippen molar-refractivity contribution in [1.29, 1.82) is 0 Å². The second-order valence-electron chi connectivity index (χ2n) is 6.29. The van der Waals surface area contributed by atoms with Crippen molar-refractivity contribution in [2.24, 2.45) is 5.92 Å². The zero-order valence-corrected chi connectivity index (χ0v) is 15.3. The first-order chi connectivity index (χ1) is 11.0. The summed E-state index contributed by atoms with van der Waals surface area (Å²) >= 11 is 1.73. The monoisotopic (exact) mass is 333 g/mol. The maximum absolute atomic E-state index is 12.3. The smallest absolute Gasteiger partial charge is 0.268 e. The van der Waals surface area contributed by atoms with Crippen LogP contribution in [0.25, 0.3) is 10.9 Å². The van der Waals surface area contributed by atoms with Crippen LogP contribution in [-0.4, -0.2) is 23.2 Å². The molecule has 5 heteroatoms.